The topological polar surface area (TPSA) is 75.4 Å². The number of fused-ring (bicyclic) bond motifs is 1. The molecule has 1 aromatic carbocycles. The van der Waals surface area contributed by atoms with Crippen molar-refractivity contribution in [2.45, 2.75) is 13.1 Å². The Bertz CT molecular complexity index is 1060. The van der Waals surface area contributed by atoms with Crippen molar-refractivity contribution in [1.82, 2.24) is 14.5 Å². The van der Waals surface area contributed by atoms with Gasteiger partial charge in [-0.1, -0.05) is 18.2 Å². The highest BCUT2D eigenvalue weighted by Gasteiger charge is 2.29. The Balaban J connectivity index is 1.70. The number of nitrogens with zero attached hydrogens (tertiary/aromatic N) is 3. The molecular formula is C20H16FN3O3. The molecular weight excluding hydrogens is 349 g/mol. The van der Waals surface area contributed by atoms with Crippen molar-refractivity contribution >= 4 is 5.91 Å². The maximum absolute atomic E-state index is 13.1. The molecule has 6 nitrogen and oxygen atoms in total. The molecule has 0 fully saturated rings. The van der Waals surface area contributed by atoms with Gasteiger partial charge in [0.2, 0.25) is 5.43 Å². The molecule has 0 saturated heterocycles. The lowest BCUT2D eigenvalue weighted by molar-refractivity contribution is 0.0683. The molecule has 1 amide bonds. The summed E-state index contributed by atoms with van der Waals surface area (Å²) in [5.74, 6) is -1.34. The minimum Gasteiger partial charge on any atom is -0.503 e. The minimum atomic E-state index is -0.605. The van der Waals surface area contributed by atoms with E-state index in [0.29, 0.717) is 24.2 Å². The molecule has 0 atom stereocenters. The van der Waals surface area contributed by atoms with E-state index in [0.717, 1.165) is 5.56 Å². The normalized spacial score (nSPS) is 13.5. The number of rotatable bonds is 3. The van der Waals surface area contributed by atoms with Crippen molar-refractivity contribution in [3.63, 3.8) is 0 Å². The number of carbonyl (C=O) groups excluding carboxylic acids is 1. The Morgan fingerprint density at radius 1 is 1.11 bits per heavy atom. The lowest BCUT2D eigenvalue weighted by Gasteiger charge is -2.30. The standard InChI is InChI=1S/C20H16FN3O3/c21-15-5-3-13(4-6-15)11-24-9-8-23-12-16(14-2-1-7-22-10-14)18(25)19(26)17(23)20(24)27/h1-7,10,12,26H,8-9,11H2. The summed E-state index contributed by atoms with van der Waals surface area (Å²) in [7, 11) is 0. The van der Waals surface area contributed by atoms with Crippen LogP contribution in [0.15, 0.2) is 59.8 Å². The van der Waals surface area contributed by atoms with Crippen molar-refractivity contribution in [2.24, 2.45) is 0 Å². The lowest BCUT2D eigenvalue weighted by atomic mass is 10.1. The van der Waals surface area contributed by atoms with E-state index in [4.69, 9.17) is 0 Å². The predicted octanol–water partition coefficient (Wildman–Crippen LogP) is 2.41. The highest BCUT2D eigenvalue weighted by Crippen LogP contribution is 2.25. The van der Waals surface area contributed by atoms with Crippen LogP contribution in [0.1, 0.15) is 16.1 Å². The monoisotopic (exact) mass is 365 g/mol. The van der Waals surface area contributed by atoms with Gasteiger partial charge >= 0.3 is 0 Å². The molecule has 7 heteroatoms. The molecule has 1 aliphatic heterocycles. The summed E-state index contributed by atoms with van der Waals surface area (Å²) in [4.78, 5) is 30.9. The van der Waals surface area contributed by atoms with Gasteiger partial charge < -0.3 is 14.6 Å². The molecule has 0 aliphatic carbocycles. The van der Waals surface area contributed by atoms with Gasteiger partial charge in [0, 0.05) is 43.8 Å². The lowest BCUT2D eigenvalue weighted by Crippen LogP contribution is -2.41. The van der Waals surface area contributed by atoms with Gasteiger partial charge in [-0.25, -0.2) is 4.39 Å². The summed E-state index contributed by atoms with van der Waals surface area (Å²) < 4.78 is 14.7. The Morgan fingerprint density at radius 2 is 1.89 bits per heavy atom. The number of hydrogen-bond donors (Lipinski definition) is 1. The summed E-state index contributed by atoms with van der Waals surface area (Å²) in [5.41, 5.74) is 1.01. The molecule has 0 bridgehead atoms. The SMILES string of the molecule is O=C1c2c(O)c(=O)c(-c3cccnc3)cn2CCN1Cc1ccc(F)cc1. The average molecular weight is 365 g/mol. The molecule has 1 N–H and O–H groups in total. The van der Waals surface area contributed by atoms with Gasteiger partial charge in [0.15, 0.2) is 11.4 Å². The number of pyridine rings is 2. The molecule has 4 rings (SSSR count). The number of hydrogen-bond acceptors (Lipinski definition) is 4. The first kappa shape index (κ1) is 17.0. The van der Waals surface area contributed by atoms with Crippen molar-refractivity contribution in [1.29, 1.82) is 0 Å². The quantitative estimate of drug-likeness (QED) is 0.773. The van der Waals surface area contributed by atoms with Crippen LogP contribution in [0.5, 0.6) is 5.75 Å². The van der Waals surface area contributed by atoms with Gasteiger partial charge in [0.05, 0.1) is 5.56 Å². The number of benzene rings is 1. The van der Waals surface area contributed by atoms with Gasteiger partial charge in [-0.15, -0.1) is 0 Å². The van der Waals surface area contributed by atoms with E-state index in [1.807, 2.05) is 0 Å². The molecule has 0 unspecified atom stereocenters. The molecule has 0 saturated carbocycles. The van der Waals surface area contributed by atoms with Crippen LogP contribution in [0.4, 0.5) is 4.39 Å². The maximum Gasteiger partial charge on any atom is 0.274 e. The highest BCUT2D eigenvalue weighted by atomic mass is 19.1. The summed E-state index contributed by atoms with van der Waals surface area (Å²) >= 11 is 0. The van der Waals surface area contributed by atoms with Crippen LogP contribution in [-0.2, 0) is 13.1 Å². The smallest absolute Gasteiger partial charge is 0.274 e. The third-order valence-corrected chi connectivity index (χ3v) is 4.62. The highest BCUT2D eigenvalue weighted by molar-refractivity contribution is 5.96. The number of carbonyl (C=O) groups is 1. The molecule has 3 heterocycles. The zero-order valence-electron chi connectivity index (χ0n) is 14.3. The van der Waals surface area contributed by atoms with Crippen LogP contribution >= 0.6 is 0 Å². The van der Waals surface area contributed by atoms with E-state index < -0.39 is 17.1 Å². The second-order valence-electron chi connectivity index (χ2n) is 6.36. The van der Waals surface area contributed by atoms with Gasteiger partial charge in [0.25, 0.3) is 5.91 Å². The Kier molecular flexibility index (Phi) is 4.19. The van der Waals surface area contributed by atoms with Crippen LogP contribution in [-0.4, -0.2) is 32.0 Å². The van der Waals surface area contributed by atoms with Gasteiger partial charge in [-0.3, -0.25) is 14.6 Å². The summed E-state index contributed by atoms with van der Waals surface area (Å²) in [6, 6.07) is 9.30. The fourth-order valence-corrected chi connectivity index (χ4v) is 3.22. The first-order chi connectivity index (χ1) is 13.0. The van der Waals surface area contributed by atoms with Crippen LogP contribution in [0, 0.1) is 5.82 Å². The Labute approximate surface area is 154 Å². The molecule has 136 valence electrons. The summed E-state index contributed by atoms with van der Waals surface area (Å²) in [6.07, 6.45) is 4.71. The number of aromatic hydroxyl groups is 1. The second-order valence-corrected chi connectivity index (χ2v) is 6.36. The zero-order chi connectivity index (χ0) is 19.0. The Morgan fingerprint density at radius 3 is 2.59 bits per heavy atom. The third-order valence-electron chi connectivity index (χ3n) is 4.62. The van der Waals surface area contributed by atoms with E-state index in [-0.39, 0.29) is 18.1 Å². The molecule has 1 aliphatic rings. The molecule has 0 radical (unpaired) electrons. The zero-order valence-corrected chi connectivity index (χ0v) is 14.3. The van der Waals surface area contributed by atoms with Crippen molar-refractivity contribution in [3.05, 3.63) is 82.3 Å². The van der Waals surface area contributed by atoms with Crippen molar-refractivity contribution in [3.8, 4) is 16.9 Å². The van der Waals surface area contributed by atoms with E-state index in [1.165, 1.54) is 23.2 Å². The number of aromatic nitrogens is 2. The average Bonchev–Trinajstić information content (AvgIpc) is 2.69. The third kappa shape index (κ3) is 3.08. The van der Waals surface area contributed by atoms with Gasteiger partial charge in [-0.2, -0.15) is 0 Å². The van der Waals surface area contributed by atoms with E-state index in [2.05, 4.69) is 4.98 Å². The van der Waals surface area contributed by atoms with Crippen molar-refractivity contribution < 1.29 is 14.3 Å². The first-order valence-electron chi connectivity index (χ1n) is 8.45. The number of halogens is 1. The number of amides is 1. The first-order valence-corrected chi connectivity index (χ1v) is 8.45. The molecule has 2 aromatic heterocycles. The van der Waals surface area contributed by atoms with Crippen LogP contribution < -0.4 is 5.43 Å². The molecule has 0 spiro atoms. The van der Waals surface area contributed by atoms with Gasteiger partial charge in [-0.05, 0) is 23.8 Å². The fourth-order valence-electron chi connectivity index (χ4n) is 3.22. The second kappa shape index (κ2) is 6.68. The van der Waals surface area contributed by atoms with E-state index in [1.54, 1.807) is 41.2 Å². The molecule has 3 aromatic rings. The largest absolute Gasteiger partial charge is 0.503 e. The van der Waals surface area contributed by atoms with Crippen molar-refractivity contribution in [2.75, 3.05) is 6.54 Å². The van der Waals surface area contributed by atoms with Crippen LogP contribution in [0.2, 0.25) is 0 Å². The van der Waals surface area contributed by atoms with Crippen LogP contribution in [0.25, 0.3) is 11.1 Å². The summed E-state index contributed by atoms with van der Waals surface area (Å²) in [6.45, 7) is 1.12. The maximum atomic E-state index is 13.1. The van der Waals surface area contributed by atoms with E-state index >= 15 is 0 Å². The van der Waals surface area contributed by atoms with Crippen LogP contribution in [0.3, 0.4) is 0 Å². The Hall–Kier alpha value is -3.48. The summed E-state index contributed by atoms with van der Waals surface area (Å²) in [5, 5.41) is 10.4. The minimum absolute atomic E-state index is 0.0269. The molecule has 27 heavy (non-hydrogen) atoms. The van der Waals surface area contributed by atoms with E-state index in [9.17, 15) is 19.1 Å². The van der Waals surface area contributed by atoms with Gasteiger partial charge in [0.1, 0.15) is 5.82 Å². The fraction of sp³-hybridized carbons (Fsp3) is 0.150. The predicted molar refractivity (Wildman–Crippen MR) is 96.7 cm³/mol.